The lowest BCUT2D eigenvalue weighted by molar-refractivity contribution is 0.392. The Balaban J connectivity index is 3.24. The Labute approximate surface area is 81.4 Å². The van der Waals surface area contributed by atoms with Gasteiger partial charge in [0.15, 0.2) is 0 Å². The highest BCUT2D eigenvalue weighted by Crippen LogP contribution is 2.28. The van der Waals surface area contributed by atoms with Gasteiger partial charge in [0.1, 0.15) is 14.9 Å². The molecule has 11 heavy (non-hydrogen) atoms. The fourth-order valence-corrected chi connectivity index (χ4v) is 1.40. The van der Waals surface area contributed by atoms with E-state index < -0.39 is 0 Å². The van der Waals surface area contributed by atoms with Crippen LogP contribution in [0.4, 0.5) is 0 Å². The summed E-state index contributed by atoms with van der Waals surface area (Å²) in [5.74, 6) is 1.22. The Bertz CT molecular complexity index is 278. The Kier molecular flexibility index (Phi) is 2.84. The second-order valence-corrected chi connectivity index (χ2v) is 3.43. The average molecular weight is 282 g/mol. The molecule has 1 aromatic heterocycles. The van der Waals surface area contributed by atoms with Crippen molar-refractivity contribution in [1.29, 1.82) is 0 Å². The van der Waals surface area contributed by atoms with Crippen molar-refractivity contribution in [1.82, 2.24) is 9.97 Å². The van der Waals surface area contributed by atoms with Gasteiger partial charge in [-0.2, -0.15) is 4.98 Å². The molecule has 0 aromatic carbocycles. The predicted octanol–water partition coefficient (Wildman–Crippen LogP) is 2.32. The molecule has 0 bridgehead atoms. The number of rotatable bonds is 1. The smallest absolute Gasteiger partial charge is 0.232 e. The van der Waals surface area contributed by atoms with Gasteiger partial charge in [-0.3, -0.25) is 0 Å². The van der Waals surface area contributed by atoms with E-state index in [2.05, 4.69) is 41.8 Å². The molecule has 5 heteroatoms. The number of ether oxygens (including phenoxy) is 1. The first kappa shape index (κ1) is 8.93. The van der Waals surface area contributed by atoms with Crippen LogP contribution < -0.4 is 4.74 Å². The third kappa shape index (κ3) is 1.90. The molecule has 0 aliphatic rings. The van der Waals surface area contributed by atoms with Gasteiger partial charge < -0.3 is 4.74 Å². The molecule has 60 valence electrons. The molecule has 0 saturated heterocycles. The van der Waals surface area contributed by atoms with E-state index in [-0.39, 0.29) is 0 Å². The van der Waals surface area contributed by atoms with E-state index in [1.54, 1.807) is 14.0 Å². The first-order chi connectivity index (χ1) is 5.15. The fraction of sp³-hybridized carbons (Fsp3) is 0.333. The van der Waals surface area contributed by atoms with Gasteiger partial charge in [-0.25, -0.2) is 4.98 Å². The SMILES string of the molecule is COc1nc(C)nc(Br)c1Br. The van der Waals surface area contributed by atoms with Crippen molar-refractivity contribution in [2.45, 2.75) is 6.92 Å². The zero-order chi connectivity index (χ0) is 8.43. The van der Waals surface area contributed by atoms with Gasteiger partial charge in [0.25, 0.3) is 0 Å². The highest BCUT2D eigenvalue weighted by Gasteiger charge is 2.07. The van der Waals surface area contributed by atoms with E-state index in [4.69, 9.17) is 4.74 Å². The van der Waals surface area contributed by atoms with Crippen LogP contribution in [0.3, 0.4) is 0 Å². The van der Waals surface area contributed by atoms with Crippen LogP contribution in [0.1, 0.15) is 5.82 Å². The van der Waals surface area contributed by atoms with Crippen LogP contribution in [-0.4, -0.2) is 17.1 Å². The highest BCUT2D eigenvalue weighted by molar-refractivity contribution is 9.13. The monoisotopic (exact) mass is 280 g/mol. The molecule has 1 aromatic rings. The Morgan fingerprint density at radius 2 is 1.91 bits per heavy atom. The van der Waals surface area contributed by atoms with Crippen molar-refractivity contribution in [3.63, 3.8) is 0 Å². The van der Waals surface area contributed by atoms with Crippen LogP contribution in [0.2, 0.25) is 0 Å². The molecule has 1 rings (SSSR count). The summed E-state index contributed by atoms with van der Waals surface area (Å²) < 4.78 is 6.43. The zero-order valence-electron chi connectivity index (χ0n) is 6.06. The number of hydrogen-bond acceptors (Lipinski definition) is 3. The molecule has 0 atom stereocenters. The van der Waals surface area contributed by atoms with Gasteiger partial charge in [0.2, 0.25) is 5.88 Å². The largest absolute Gasteiger partial charge is 0.480 e. The molecule has 0 aliphatic carbocycles. The summed E-state index contributed by atoms with van der Waals surface area (Å²) in [6.07, 6.45) is 0. The van der Waals surface area contributed by atoms with E-state index in [1.807, 2.05) is 0 Å². The van der Waals surface area contributed by atoms with Crippen molar-refractivity contribution >= 4 is 31.9 Å². The molecule has 0 aliphatic heterocycles. The normalized spacial score (nSPS) is 9.82. The number of aryl methyl sites for hydroxylation is 1. The van der Waals surface area contributed by atoms with Gasteiger partial charge >= 0.3 is 0 Å². The lowest BCUT2D eigenvalue weighted by Gasteiger charge is -2.03. The number of aromatic nitrogens is 2. The summed E-state index contributed by atoms with van der Waals surface area (Å²) >= 11 is 6.54. The lowest BCUT2D eigenvalue weighted by atomic mass is 10.6. The van der Waals surface area contributed by atoms with Crippen LogP contribution in [0.25, 0.3) is 0 Å². The molecule has 0 spiro atoms. The maximum absolute atomic E-state index is 4.98. The van der Waals surface area contributed by atoms with Crippen molar-refractivity contribution in [3.05, 3.63) is 14.9 Å². The van der Waals surface area contributed by atoms with Crippen LogP contribution in [0.15, 0.2) is 9.08 Å². The summed E-state index contributed by atoms with van der Waals surface area (Å²) in [5.41, 5.74) is 0. The van der Waals surface area contributed by atoms with Crippen molar-refractivity contribution < 1.29 is 4.74 Å². The van der Waals surface area contributed by atoms with Gasteiger partial charge in [0, 0.05) is 0 Å². The third-order valence-electron chi connectivity index (χ3n) is 1.09. The summed E-state index contributed by atoms with van der Waals surface area (Å²) in [4.78, 5) is 8.10. The van der Waals surface area contributed by atoms with E-state index in [0.717, 1.165) is 4.47 Å². The number of methoxy groups -OCH3 is 1. The van der Waals surface area contributed by atoms with Gasteiger partial charge in [0.05, 0.1) is 7.11 Å². The minimum absolute atomic E-state index is 0.546. The van der Waals surface area contributed by atoms with Crippen molar-refractivity contribution in [3.8, 4) is 5.88 Å². The van der Waals surface area contributed by atoms with Gasteiger partial charge in [-0.05, 0) is 38.8 Å². The predicted molar refractivity (Wildman–Crippen MR) is 48.7 cm³/mol. The lowest BCUT2D eigenvalue weighted by Crippen LogP contribution is -1.95. The van der Waals surface area contributed by atoms with E-state index >= 15 is 0 Å². The summed E-state index contributed by atoms with van der Waals surface area (Å²) in [5, 5.41) is 0. The van der Waals surface area contributed by atoms with Crippen LogP contribution in [0, 0.1) is 6.92 Å². The number of hydrogen-bond donors (Lipinski definition) is 0. The molecule has 0 radical (unpaired) electrons. The summed E-state index contributed by atoms with van der Waals surface area (Å²) in [6.45, 7) is 1.81. The van der Waals surface area contributed by atoms with Crippen molar-refractivity contribution in [2.24, 2.45) is 0 Å². The zero-order valence-corrected chi connectivity index (χ0v) is 9.23. The summed E-state index contributed by atoms with van der Waals surface area (Å²) in [6, 6.07) is 0. The van der Waals surface area contributed by atoms with Crippen LogP contribution >= 0.6 is 31.9 Å². The molecule has 0 saturated carbocycles. The van der Waals surface area contributed by atoms with Crippen molar-refractivity contribution in [2.75, 3.05) is 7.11 Å². The molecule has 3 nitrogen and oxygen atoms in total. The van der Waals surface area contributed by atoms with E-state index in [9.17, 15) is 0 Å². The average Bonchev–Trinajstić information content (AvgIpc) is 1.96. The molecule has 0 N–H and O–H groups in total. The standard InChI is InChI=1S/C6H6Br2N2O/c1-3-9-5(8)4(7)6(10-3)11-2/h1-2H3. The Morgan fingerprint density at radius 1 is 1.27 bits per heavy atom. The Morgan fingerprint density at radius 3 is 2.45 bits per heavy atom. The third-order valence-corrected chi connectivity index (χ3v) is 2.91. The molecule has 0 unspecified atom stereocenters. The minimum atomic E-state index is 0.546. The van der Waals surface area contributed by atoms with Crippen LogP contribution in [-0.2, 0) is 0 Å². The first-order valence-corrected chi connectivity index (χ1v) is 4.47. The topological polar surface area (TPSA) is 35.0 Å². The number of nitrogens with zero attached hydrogens (tertiary/aromatic N) is 2. The maximum atomic E-state index is 4.98. The molecule has 0 amide bonds. The van der Waals surface area contributed by atoms with E-state index in [1.165, 1.54) is 0 Å². The first-order valence-electron chi connectivity index (χ1n) is 2.88. The molecular formula is C6H6Br2N2O. The quantitative estimate of drug-likeness (QED) is 0.741. The fourth-order valence-electron chi connectivity index (χ4n) is 0.636. The molecular weight excluding hydrogens is 276 g/mol. The van der Waals surface area contributed by atoms with E-state index in [0.29, 0.717) is 16.3 Å². The molecule has 0 fully saturated rings. The second kappa shape index (κ2) is 3.49. The summed E-state index contributed by atoms with van der Waals surface area (Å²) in [7, 11) is 1.57. The maximum Gasteiger partial charge on any atom is 0.232 e. The minimum Gasteiger partial charge on any atom is -0.480 e. The van der Waals surface area contributed by atoms with Gasteiger partial charge in [-0.15, -0.1) is 0 Å². The Hall–Kier alpha value is -0.160. The second-order valence-electron chi connectivity index (χ2n) is 1.88. The van der Waals surface area contributed by atoms with Gasteiger partial charge in [-0.1, -0.05) is 0 Å². The number of halogens is 2. The molecule has 1 heterocycles. The van der Waals surface area contributed by atoms with Crippen LogP contribution in [0.5, 0.6) is 5.88 Å². The highest BCUT2D eigenvalue weighted by atomic mass is 79.9.